The fourth-order valence-corrected chi connectivity index (χ4v) is 0.634. The smallest absolute Gasteiger partial charge is 0.0226 e. The molecule has 0 aromatic heterocycles. The second kappa shape index (κ2) is 7.03. The summed E-state index contributed by atoms with van der Waals surface area (Å²) in [4.78, 5) is 0. The van der Waals surface area contributed by atoms with Gasteiger partial charge in [0.1, 0.15) is 0 Å². The number of alkyl halides is 1. The molecule has 48 valence electrons. The van der Waals surface area contributed by atoms with Crippen molar-refractivity contribution in [1.29, 1.82) is 0 Å². The first-order valence-corrected chi connectivity index (χ1v) is 3.66. The van der Waals surface area contributed by atoms with Crippen LogP contribution in [0.5, 0.6) is 0 Å². The lowest BCUT2D eigenvalue weighted by atomic mass is 10.3. The first-order valence-electron chi connectivity index (χ1n) is 3.12. The summed E-state index contributed by atoms with van der Waals surface area (Å²) in [5.74, 6) is 0.786. The van der Waals surface area contributed by atoms with Gasteiger partial charge in [-0.1, -0.05) is 19.1 Å². The van der Waals surface area contributed by atoms with Crippen molar-refractivity contribution in [3.63, 3.8) is 0 Å². The number of allylic oxidation sites excluding steroid dienone is 2. The van der Waals surface area contributed by atoms with E-state index < -0.39 is 0 Å². The molecule has 0 heterocycles. The zero-order valence-corrected chi connectivity index (χ0v) is 6.12. The molecule has 0 aromatic carbocycles. The molecular weight excluding hydrogens is 120 g/mol. The van der Waals surface area contributed by atoms with Gasteiger partial charge in [-0.05, 0) is 19.3 Å². The van der Waals surface area contributed by atoms with Gasteiger partial charge in [-0.15, -0.1) is 11.6 Å². The minimum Gasteiger partial charge on any atom is -0.127 e. The molecule has 0 saturated carbocycles. The molecule has 0 nitrogen and oxygen atoms in total. The van der Waals surface area contributed by atoms with E-state index in [1.54, 1.807) is 0 Å². The second-order valence-corrected chi connectivity index (χ2v) is 2.09. The van der Waals surface area contributed by atoms with E-state index in [2.05, 4.69) is 19.1 Å². The average Bonchev–Trinajstić information content (AvgIpc) is 1.81. The molecule has 1 heteroatoms. The molecule has 0 rings (SSSR count). The summed E-state index contributed by atoms with van der Waals surface area (Å²) in [5, 5.41) is 0. The van der Waals surface area contributed by atoms with Crippen LogP contribution in [0.4, 0.5) is 0 Å². The molecule has 0 aliphatic rings. The maximum Gasteiger partial charge on any atom is 0.0226 e. The van der Waals surface area contributed by atoms with Crippen LogP contribution in [0, 0.1) is 0 Å². The zero-order chi connectivity index (χ0) is 6.24. The minimum atomic E-state index is 0.786. The number of rotatable bonds is 4. The Morgan fingerprint density at radius 3 is 2.62 bits per heavy atom. The number of halogens is 1. The predicted molar refractivity (Wildman–Crippen MR) is 39.4 cm³/mol. The van der Waals surface area contributed by atoms with Gasteiger partial charge < -0.3 is 0 Å². The summed E-state index contributed by atoms with van der Waals surface area (Å²) < 4.78 is 0. The average molecular weight is 133 g/mol. The van der Waals surface area contributed by atoms with E-state index in [4.69, 9.17) is 11.6 Å². The van der Waals surface area contributed by atoms with Crippen molar-refractivity contribution in [3.8, 4) is 0 Å². The molecule has 0 amide bonds. The van der Waals surface area contributed by atoms with Gasteiger partial charge in [-0.2, -0.15) is 0 Å². The number of hydrogen-bond acceptors (Lipinski definition) is 0. The Bertz CT molecular complexity index is 57.4. The molecule has 0 spiro atoms. The van der Waals surface area contributed by atoms with Gasteiger partial charge in [-0.25, -0.2) is 0 Å². The highest BCUT2D eigenvalue weighted by Crippen LogP contribution is 1.93. The van der Waals surface area contributed by atoms with Crippen LogP contribution in [0.25, 0.3) is 0 Å². The quantitative estimate of drug-likeness (QED) is 0.314. The van der Waals surface area contributed by atoms with Crippen molar-refractivity contribution in [2.24, 2.45) is 0 Å². The Balaban J connectivity index is 2.80. The molecule has 0 radical (unpaired) electrons. The summed E-state index contributed by atoms with van der Waals surface area (Å²) >= 11 is 5.45. The first kappa shape index (κ1) is 8.03. The van der Waals surface area contributed by atoms with Crippen LogP contribution in [-0.4, -0.2) is 5.88 Å². The molecular formula is C7H13Cl. The van der Waals surface area contributed by atoms with Crippen LogP contribution in [-0.2, 0) is 0 Å². The van der Waals surface area contributed by atoms with Crippen LogP contribution in [0.3, 0.4) is 0 Å². The number of hydrogen-bond donors (Lipinski definition) is 0. The van der Waals surface area contributed by atoms with E-state index in [9.17, 15) is 0 Å². The first-order chi connectivity index (χ1) is 3.91. The van der Waals surface area contributed by atoms with Crippen molar-refractivity contribution in [3.05, 3.63) is 12.2 Å². The van der Waals surface area contributed by atoms with Crippen molar-refractivity contribution >= 4 is 11.6 Å². The molecule has 0 N–H and O–H groups in total. The summed E-state index contributed by atoms with van der Waals surface area (Å²) in [6, 6.07) is 0. The van der Waals surface area contributed by atoms with Crippen molar-refractivity contribution in [2.45, 2.75) is 26.2 Å². The molecule has 0 bridgehead atoms. The fraction of sp³-hybridized carbons (Fsp3) is 0.714. The summed E-state index contributed by atoms with van der Waals surface area (Å²) in [6.07, 6.45) is 7.74. The van der Waals surface area contributed by atoms with E-state index in [1.807, 2.05) is 0 Å². The molecule has 0 atom stereocenters. The highest BCUT2D eigenvalue weighted by Gasteiger charge is 1.76. The maximum absolute atomic E-state index is 5.45. The van der Waals surface area contributed by atoms with Crippen LogP contribution in [0.15, 0.2) is 12.2 Å². The summed E-state index contributed by atoms with van der Waals surface area (Å²) in [6.45, 7) is 2.14. The van der Waals surface area contributed by atoms with Crippen LogP contribution in [0.1, 0.15) is 26.2 Å². The molecule has 8 heavy (non-hydrogen) atoms. The van der Waals surface area contributed by atoms with Crippen LogP contribution < -0.4 is 0 Å². The highest BCUT2D eigenvalue weighted by molar-refractivity contribution is 6.17. The summed E-state index contributed by atoms with van der Waals surface area (Å²) in [5.41, 5.74) is 0. The van der Waals surface area contributed by atoms with Gasteiger partial charge in [-0.3, -0.25) is 0 Å². The Morgan fingerprint density at radius 1 is 1.38 bits per heavy atom. The van der Waals surface area contributed by atoms with Crippen LogP contribution >= 0.6 is 11.6 Å². The Kier molecular flexibility index (Phi) is 7.06. The van der Waals surface area contributed by atoms with Gasteiger partial charge in [0.25, 0.3) is 0 Å². The third-order valence-electron chi connectivity index (χ3n) is 0.907. The predicted octanol–water partition coefficient (Wildman–Crippen LogP) is 2.97. The monoisotopic (exact) mass is 132 g/mol. The minimum absolute atomic E-state index is 0.786. The largest absolute Gasteiger partial charge is 0.127 e. The van der Waals surface area contributed by atoms with Gasteiger partial charge in [0.2, 0.25) is 0 Å². The van der Waals surface area contributed by atoms with Gasteiger partial charge >= 0.3 is 0 Å². The highest BCUT2D eigenvalue weighted by atomic mass is 35.5. The SMILES string of the molecule is CC/C=C/CCCCl. The standard InChI is InChI=1S/C7H13Cl/c1-2-3-4-5-6-7-8/h3-4H,2,5-7H2,1H3/b4-3+. The molecule has 0 saturated heterocycles. The van der Waals surface area contributed by atoms with Gasteiger partial charge in [0, 0.05) is 5.88 Å². The normalized spacial score (nSPS) is 10.8. The van der Waals surface area contributed by atoms with Crippen LogP contribution in [0.2, 0.25) is 0 Å². The van der Waals surface area contributed by atoms with E-state index in [-0.39, 0.29) is 0 Å². The zero-order valence-electron chi connectivity index (χ0n) is 5.36. The molecule has 0 fully saturated rings. The third kappa shape index (κ3) is 6.03. The van der Waals surface area contributed by atoms with E-state index >= 15 is 0 Å². The van der Waals surface area contributed by atoms with Gasteiger partial charge in [0.05, 0.1) is 0 Å². The van der Waals surface area contributed by atoms with Gasteiger partial charge in [0.15, 0.2) is 0 Å². The molecule has 0 aliphatic carbocycles. The Morgan fingerprint density at radius 2 is 2.12 bits per heavy atom. The fourth-order valence-electron chi connectivity index (χ4n) is 0.480. The van der Waals surface area contributed by atoms with Crippen molar-refractivity contribution in [1.82, 2.24) is 0 Å². The Labute approximate surface area is 56.5 Å². The lowest BCUT2D eigenvalue weighted by molar-refractivity contribution is 0.959. The lowest BCUT2D eigenvalue weighted by Crippen LogP contribution is -1.69. The number of unbranched alkanes of at least 4 members (excludes halogenated alkanes) is 1. The lowest BCUT2D eigenvalue weighted by Gasteiger charge is -1.84. The molecule has 0 aromatic rings. The van der Waals surface area contributed by atoms with Crippen molar-refractivity contribution in [2.75, 3.05) is 5.88 Å². The third-order valence-corrected chi connectivity index (χ3v) is 1.17. The maximum atomic E-state index is 5.45. The van der Waals surface area contributed by atoms with E-state index in [0.29, 0.717) is 0 Å². The topological polar surface area (TPSA) is 0 Å². The van der Waals surface area contributed by atoms with E-state index in [1.165, 1.54) is 0 Å². The second-order valence-electron chi connectivity index (χ2n) is 1.71. The summed E-state index contributed by atoms with van der Waals surface area (Å²) in [7, 11) is 0. The molecule has 0 unspecified atom stereocenters. The Hall–Kier alpha value is 0.0300. The van der Waals surface area contributed by atoms with Crippen molar-refractivity contribution < 1.29 is 0 Å². The molecule has 0 aliphatic heterocycles. The van der Waals surface area contributed by atoms with E-state index in [0.717, 1.165) is 25.1 Å².